The van der Waals surface area contributed by atoms with E-state index in [-0.39, 0.29) is 31.2 Å². The third kappa shape index (κ3) is 6.46. The molecule has 27 heavy (non-hydrogen) atoms. The lowest BCUT2D eigenvalue weighted by Gasteiger charge is -2.24. The molecule has 0 aromatic heterocycles. The molecular formula is C18H27NO7S. The summed E-state index contributed by atoms with van der Waals surface area (Å²) in [7, 11) is -3.86. The van der Waals surface area contributed by atoms with Gasteiger partial charge in [-0.05, 0) is 39.8 Å². The molecule has 1 heterocycles. The summed E-state index contributed by atoms with van der Waals surface area (Å²) in [4.78, 5) is 13.5. The Hall–Kier alpha value is -1.68. The number of carbonyl (C=O) groups excluding carboxylic acids is 1. The normalized spacial score (nSPS) is 20.7. The summed E-state index contributed by atoms with van der Waals surface area (Å²) in [6.45, 7) is 7.19. The first-order valence-corrected chi connectivity index (χ1v) is 10.1. The van der Waals surface area contributed by atoms with Crippen molar-refractivity contribution in [2.75, 3.05) is 26.3 Å². The van der Waals surface area contributed by atoms with Gasteiger partial charge in [-0.25, -0.2) is 4.79 Å². The molecule has 9 heteroatoms. The van der Waals surface area contributed by atoms with Crippen LogP contribution in [0, 0.1) is 6.92 Å². The minimum Gasteiger partial charge on any atom is -0.444 e. The monoisotopic (exact) mass is 401 g/mol. The van der Waals surface area contributed by atoms with E-state index in [0.29, 0.717) is 0 Å². The van der Waals surface area contributed by atoms with Gasteiger partial charge in [0, 0.05) is 0 Å². The average molecular weight is 401 g/mol. The lowest BCUT2D eigenvalue weighted by Crippen LogP contribution is -2.36. The molecule has 152 valence electrons. The van der Waals surface area contributed by atoms with Crippen LogP contribution in [-0.2, 0) is 23.8 Å². The van der Waals surface area contributed by atoms with Gasteiger partial charge in [0.2, 0.25) is 0 Å². The van der Waals surface area contributed by atoms with Gasteiger partial charge in [-0.3, -0.25) is 4.18 Å². The molecule has 1 N–H and O–H groups in total. The second-order valence-corrected chi connectivity index (χ2v) is 9.07. The maximum atomic E-state index is 12.1. The fourth-order valence-electron chi connectivity index (χ4n) is 2.51. The maximum absolute atomic E-state index is 12.1. The standard InChI is InChI=1S/C18H27NO7S/c1-13-5-7-14(8-6-13)27(22,23)25-10-9-24-16-12-19(11-15(16)20)17(21)26-18(2,3)4/h5-8,15-16,20H,9-12H2,1-4H3/t15-,16-/m1/s1. The lowest BCUT2D eigenvalue weighted by atomic mass is 10.2. The van der Waals surface area contributed by atoms with Crippen LogP contribution in [0.3, 0.4) is 0 Å². The van der Waals surface area contributed by atoms with Gasteiger partial charge in [0.05, 0.1) is 37.3 Å². The first-order chi connectivity index (χ1) is 12.5. The molecule has 1 aromatic rings. The van der Waals surface area contributed by atoms with Crippen LogP contribution in [0.4, 0.5) is 4.79 Å². The van der Waals surface area contributed by atoms with E-state index >= 15 is 0 Å². The minimum atomic E-state index is -3.86. The highest BCUT2D eigenvalue weighted by Crippen LogP contribution is 2.18. The Bertz CT molecular complexity index is 740. The number of rotatable bonds is 6. The highest BCUT2D eigenvalue weighted by Gasteiger charge is 2.36. The third-order valence-corrected chi connectivity index (χ3v) is 5.18. The van der Waals surface area contributed by atoms with Gasteiger partial charge in [-0.1, -0.05) is 17.7 Å². The van der Waals surface area contributed by atoms with Gasteiger partial charge in [0.25, 0.3) is 10.1 Å². The van der Waals surface area contributed by atoms with E-state index in [4.69, 9.17) is 13.7 Å². The zero-order valence-corrected chi connectivity index (χ0v) is 16.9. The van der Waals surface area contributed by atoms with Crippen LogP contribution in [0.15, 0.2) is 29.2 Å². The van der Waals surface area contributed by atoms with Crippen molar-refractivity contribution >= 4 is 16.2 Å². The highest BCUT2D eigenvalue weighted by molar-refractivity contribution is 7.86. The summed E-state index contributed by atoms with van der Waals surface area (Å²) in [6.07, 6.45) is -2.01. The Morgan fingerprint density at radius 2 is 1.81 bits per heavy atom. The van der Waals surface area contributed by atoms with Crippen LogP contribution in [0.2, 0.25) is 0 Å². The number of carbonyl (C=O) groups is 1. The van der Waals surface area contributed by atoms with Crippen molar-refractivity contribution in [1.82, 2.24) is 4.90 Å². The number of hydrogen-bond acceptors (Lipinski definition) is 7. The summed E-state index contributed by atoms with van der Waals surface area (Å²) in [6, 6.07) is 6.33. The van der Waals surface area contributed by atoms with Crippen LogP contribution >= 0.6 is 0 Å². The quantitative estimate of drug-likeness (QED) is 0.572. The molecule has 0 unspecified atom stereocenters. The summed E-state index contributed by atoms with van der Waals surface area (Å²) >= 11 is 0. The molecule has 0 saturated carbocycles. The van der Waals surface area contributed by atoms with Gasteiger partial charge < -0.3 is 19.5 Å². The summed E-state index contributed by atoms with van der Waals surface area (Å²) in [5.41, 5.74) is 0.321. The largest absolute Gasteiger partial charge is 0.444 e. The molecule has 1 aromatic carbocycles. The average Bonchev–Trinajstić information content (AvgIpc) is 2.92. The molecule has 1 fully saturated rings. The van der Waals surface area contributed by atoms with Crippen molar-refractivity contribution in [3.05, 3.63) is 29.8 Å². The minimum absolute atomic E-state index is 0.0328. The zero-order chi connectivity index (χ0) is 20.2. The van der Waals surface area contributed by atoms with Crippen molar-refractivity contribution in [3.8, 4) is 0 Å². The summed E-state index contributed by atoms with van der Waals surface area (Å²) < 4.78 is 39.9. The molecule has 2 rings (SSSR count). The molecule has 0 aliphatic carbocycles. The Morgan fingerprint density at radius 3 is 2.41 bits per heavy atom. The fourth-order valence-corrected chi connectivity index (χ4v) is 3.41. The maximum Gasteiger partial charge on any atom is 0.410 e. The molecule has 0 radical (unpaired) electrons. The molecule has 1 amide bonds. The van der Waals surface area contributed by atoms with Gasteiger partial charge in [0.1, 0.15) is 11.7 Å². The summed E-state index contributed by atoms with van der Waals surface area (Å²) in [5.74, 6) is 0. The molecule has 1 saturated heterocycles. The number of β-amino-alcohol motifs (C(OH)–C–C–N with tert-alkyl or cyclic N) is 1. The van der Waals surface area contributed by atoms with Gasteiger partial charge in [-0.15, -0.1) is 0 Å². The van der Waals surface area contributed by atoms with Crippen LogP contribution < -0.4 is 0 Å². The predicted molar refractivity (Wildman–Crippen MR) is 97.9 cm³/mol. The van der Waals surface area contributed by atoms with Gasteiger partial charge >= 0.3 is 6.09 Å². The van der Waals surface area contributed by atoms with Crippen LogP contribution in [0.1, 0.15) is 26.3 Å². The van der Waals surface area contributed by atoms with E-state index in [1.54, 1.807) is 32.9 Å². The molecule has 8 nitrogen and oxygen atoms in total. The summed E-state index contributed by atoms with van der Waals surface area (Å²) in [5, 5.41) is 10.0. The number of amides is 1. The van der Waals surface area contributed by atoms with E-state index in [2.05, 4.69) is 0 Å². The number of hydrogen-bond donors (Lipinski definition) is 1. The topological polar surface area (TPSA) is 102 Å². The van der Waals surface area contributed by atoms with E-state index in [0.717, 1.165) is 5.56 Å². The van der Waals surface area contributed by atoms with E-state index in [9.17, 15) is 18.3 Å². The number of likely N-dealkylation sites (tertiary alicyclic amines) is 1. The molecule has 1 aliphatic heterocycles. The molecule has 0 spiro atoms. The molecular weight excluding hydrogens is 374 g/mol. The van der Waals surface area contributed by atoms with Crippen molar-refractivity contribution in [3.63, 3.8) is 0 Å². The number of ether oxygens (including phenoxy) is 2. The van der Waals surface area contributed by atoms with Crippen LogP contribution in [0.5, 0.6) is 0 Å². The first kappa shape index (κ1) is 21.6. The van der Waals surface area contributed by atoms with Crippen molar-refractivity contribution in [2.24, 2.45) is 0 Å². The number of benzene rings is 1. The fraction of sp³-hybridized carbons (Fsp3) is 0.611. The van der Waals surface area contributed by atoms with Crippen molar-refractivity contribution in [2.45, 2.75) is 50.4 Å². The van der Waals surface area contributed by atoms with Crippen LogP contribution in [0.25, 0.3) is 0 Å². The smallest absolute Gasteiger partial charge is 0.410 e. The van der Waals surface area contributed by atoms with Gasteiger partial charge in [0.15, 0.2) is 0 Å². The number of aryl methyl sites for hydroxylation is 1. The second kappa shape index (κ2) is 8.55. The second-order valence-electron chi connectivity index (χ2n) is 7.45. The number of aliphatic hydroxyl groups is 1. The molecule has 1 aliphatic rings. The lowest BCUT2D eigenvalue weighted by molar-refractivity contribution is -0.0181. The Kier molecular flexibility index (Phi) is 6.85. The van der Waals surface area contributed by atoms with E-state index in [1.807, 2.05) is 6.92 Å². The van der Waals surface area contributed by atoms with Crippen LogP contribution in [-0.4, -0.2) is 68.6 Å². The van der Waals surface area contributed by atoms with Crippen molar-refractivity contribution in [1.29, 1.82) is 0 Å². The van der Waals surface area contributed by atoms with E-state index < -0.39 is 34.0 Å². The Balaban J connectivity index is 1.78. The van der Waals surface area contributed by atoms with E-state index in [1.165, 1.54) is 17.0 Å². The van der Waals surface area contributed by atoms with Gasteiger partial charge in [-0.2, -0.15) is 8.42 Å². The first-order valence-electron chi connectivity index (χ1n) is 8.72. The molecule has 2 atom stereocenters. The highest BCUT2D eigenvalue weighted by atomic mass is 32.2. The molecule has 0 bridgehead atoms. The number of aliphatic hydroxyl groups excluding tert-OH is 1. The number of nitrogens with zero attached hydrogens (tertiary/aromatic N) is 1. The Morgan fingerprint density at radius 1 is 1.19 bits per heavy atom. The third-order valence-electron chi connectivity index (χ3n) is 3.85. The Labute approximate surface area is 160 Å². The predicted octanol–water partition coefficient (Wildman–Crippen LogP) is 1.70. The van der Waals surface area contributed by atoms with Crippen molar-refractivity contribution < 1.29 is 32.0 Å². The SMILES string of the molecule is Cc1ccc(S(=O)(=O)OCCO[C@@H]2CN(C(=O)OC(C)(C)C)C[C@H]2O)cc1. The zero-order valence-electron chi connectivity index (χ0n) is 16.0.